The van der Waals surface area contributed by atoms with Crippen molar-refractivity contribution in [2.24, 2.45) is 0 Å². The van der Waals surface area contributed by atoms with Crippen molar-refractivity contribution >= 4 is 34.8 Å². The molecular weight excluding hydrogens is 298 g/mol. The first kappa shape index (κ1) is 16.8. The third-order valence-corrected chi connectivity index (χ3v) is 4.54. The standard InChI is InChI=1S/C16H23N3O2S/c1-11(20)18-12-5-6-13(17-8-4-9-19(2)3)16-15(12)14(21)7-10-22-16/h5-6,17H,4,7-10H2,1-3H3,(H,18,20). The topological polar surface area (TPSA) is 61.4 Å². The highest BCUT2D eigenvalue weighted by Crippen LogP contribution is 2.40. The minimum absolute atomic E-state index is 0.106. The summed E-state index contributed by atoms with van der Waals surface area (Å²) in [4.78, 5) is 26.7. The van der Waals surface area contributed by atoms with E-state index >= 15 is 0 Å². The summed E-state index contributed by atoms with van der Waals surface area (Å²) >= 11 is 1.68. The number of benzene rings is 1. The van der Waals surface area contributed by atoms with E-state index in [1.807, 2.05) is 12.1 Å². The molecular formula is C16H23N3O2S. The van der Waals surface area contributed by atoms with Gasteiger partial charge >= 0.3 is 0 Å². The molecule has 2 N–H and O–H groups in total. The van der Waals surface area contributed by atoms with E-state index in [4.69, 9.17) is 0 Å². The maximum atomic E-state index is 12.3. The van der Waals surface area contributed by atoms with E-state index in [1.165, 1.54) is 6.92 Å². The Morgan fingerprint density at radius 3 is 2.73 bits per heavy atom. The second-order valence-electron chi connectivity index (χ2n) is 5.65. The highest BCUT2D eigenvalue weighted by atomic mass is 32.2. The number of carbonyl (C=O) groups excluding carboxylic acids is 2. The molecule has 0 saturated heterocycles. The van der Waals surface area contributed by atoms with Gasteiger partial charge in [0.05, 0.1) is 11.3 Å². The lowest BCUT2D eigenvalue weighted by Crippen LogP contribution is -2.18. The molecule has 0 unspecified atom stereocenters. The number of hydrogen-bond donors (Lipinski definition) is 2. The van der Waals surface area contributed by atoms with Crippen LogP contribution in [0.15, 0.2) is 17.0 Å². The number of Topliss-reactive ketones (excluding diaryl/α,β-unsaturated/α-hetero) is 1. The highest BCUT2D eigenvalue weighted by Gasteiger charge is 2.24. The van der Waals surface area contributed by atoms with Gasteiger partial charge in [0.1, 0.15) is 0 Å². The van der Waals surface area contributed by atoms with Crippen molar-refractivity contribution in [3.05, 3.63) is 17.7 Å². The number of fused-ring (bicyclic) bond motifs is 1. The van der Waals surface area contributed by atoms with E-state index in [0.717, 1.165) is 35.8 Å². The van der Waals surface area contributed by atoms with Crippen LogP contribution in [0.4, 0.5) is 11.4 Å². The van der Waals surface area contributed by atoms with Gasteiger partial charge in [0.15, 0.2) is 5.78 Å². The second-order valence-corrected chi connectivity index (χ2v) is 6.76. The predicted octanol–water partition coefficient (Wildman–Crippen LogP) is 2.69. The molecule has 22 heavy (non-hydrogen) atoms. The minimum atomic E-state index is -0.155. The third kappa shape index (κ3) is 4.24. The SMILES string of the molecule is CC(=O)Nc1ccc(NCCCN(C)C)c2c1C(=O)CCS2. The van der Waals surface area contributed by atoms with Gasteiger partial charge in [0, 0.05) is 36.2 Å². The lowest BCUT2D eigenvalue weighted by Gasteiger charge is -2.22. The lowest BCUT2D eigenvalue weighted by molar-refractivity contribution is -0.114. The average molecular weight is 321 g/mol. The van der Waals surface area contributed by atoms with Crippen LogP contribution >= 0.6 is 11.8 Å². The van der Waals surface area contributed by atoms with E-state index in [0.29, 0.717) is 17.7 Å². The van der Waals surface area contributed by atoms with Crippen molar-refractivity contribution in [3.63, 3.8) is 0 Å². The number of rotatable bonds is 6. The van der Waals surface area contributed by atoms with E-state index < -0.39 is 0 Å². The number of ketones is 1. The van der Waals surface area contributed by atoms with E-state index in [2.05, 4.69) is 29.6 Å². The number of carbonyl (C=O) groups is 2. The minimum Gasteiger partial charge on any atom is -0.384 e. The lowest BCUT2D eigenvalue weighted by atomic mass is 10.0. The molecule has 5 nitrogen and oxygen atoms in total. The molecule has 0 bridgehead atoms. The molecule has 0 saturated carbocycles. The number of hydrogen-bond acceptors (Lipinski definition) is 5. The van der Waals surface area contributed by atoms with Gasteiger partial charge in [-0.25, -0.2) is 0 Å². The summed E-state index contributed by atoms with van der Waals surface area (Å²) in [7, 11) is 4.11. The zero-order chi connectivity index (χ0) is 16.1. The molecule has 0 fully saturated rings. The Kier molecular flexibility index (Phi) is 5.85. The Balaban J connectivity index is 2.19. The van der Waals surface area contributed by atoms with Crippen molar-refractivity contribution < 1.29 is 9.59 Å². The summed E-state index contributed by atoms with van der Waals surface area (Å²) in [6.45, 7) is 3.34. The maximum absolute atomic E-state index is 12.3. The van der Waals surface area contributed by atoms with Gasteiger partial charge in [-0.1, -0.05) is 0 Å². The number of nitrogens with zero attached hydrogens (tertiary/aromatic N) is 1. The molecule has 2 rings (SSSR count). The molecule has 1 aliphatic rings. The van der Waals surface area contributed by atoms with Crippen LogP contribution in [0.1, 0.15) is 30.1 Å². The van der Waals surface area contributed by atoms with Crippen molar-refractivity contribution in [2.75, 3.05) is 43.6 Å². The van der Waals surface area contributed by atoms with Crippen LogP contribution in [0.25, 0.3) is 0 Å². The molecule has 120 valence electrons. The molecule has 0 radical (unpaired) electrons. The monoisotopic (exact) mass is 321 g/mol. The van der Waals surface area contributed by atoms with E-state index in [9.17, 15) is 9.59 Å². The Bertz CT molecular complexity index is 573. The molecule has 0 aliphatic carbocycles. The summed E-state index contributed by atoms with van der Waals surface area (Å²) in [6, 6.07) is 3.77. The predicted molar refractivity (Wildman–Crippen MR) is 92.1 cm³/mol. The fourth-order valence-corrected chi connectivity index (χ4v) is 3.59. The molecule has 1 aromatic carbocycles. The Labute approximate surface area is 135 Å². The first-order chi connectivity index (χ1) is 10.5. The maximum Gasteiger partial charge on any atom is 0.221 e. The van der Waals surface area contributed by atoms with Crippen LogP contribution in [-0.2, 0) is 4.79 Å². The van der Waals surface area contributed by atoms with Crippen LogP contribution in [0.2, 0.25) is 0 Å². The number of nitrogens with one attached hydrogen (secondary N) is 2. The smallest absolute Gasteiger partial charge is 0.221 e. The van der Waals surface area contributed by atoms with Crippen LogP contribution in [0, 0.1) is 0 Å². The van der Waals surface area contributed by atoms with Gasteiger partial charge in [-0.05, 0) is 39.2 Å². The summed E-state index contributed by atoms with van der Waals surface area (Å²) in [5.74, 6) is 0.744. The third-order valence-electron chi connectivity index (χ3n) is 3.42. The first-order valence-corrected chi connectivity index (χ1v) is 8.47. The van der Waals surface area contributed by atoms with Crippen molar-refractivity contribution in [2.45, 2.75) is 24.7 Å². The molecule has 1 amide bonds. The van der Waals surface area contributed by atoms with Gasteiger partial charge in [-0.2, -0.15) is 0 Å². The summed E-state index contributed by atoms with van der Waals surface area (Å²) in [5.41, 5.74) is 2.27. The average Bonchev–Trinajstić information content (AvgIpc) is 2.44. The fraction of sp³-hybridized carbons (Fsp3) is 0.500. The second kappa shape index (κ2) is 7.65. The van der Waals surface area contributed by atoms with Crippen LogP contribution in [0.3, 0.4) is 0 Å². The summed E-state index contributed by atoms with van der Waals surface area (Å²) in [5, 5.41) is 6.18. The molecule has 1 heterocycles. The molecule has 1 aliphatic heterocycles. The van der Waals surface area contributed by atoms with Crippen molar-refractivity contribution in [1.82, 2.24) is 4.90 Å². The van der Waals surface area contributed by atoms with E-state index in [-0.39, 0.29) is 11.7 Å². The van der Waals surface area contributed by atoms with Crippen LogP contribution in [0.5, 0.6) is 0 Å². The zero-order valence-electron chi connectivity index (χ0n) is 13.4. The summed E-state index contributed by atoms with van der Waals surface area (Å²) < 4.78 is 0. The number of amides is 1. The molecule has 6 heteroatoms. The van der Waals surface area contributed by atoms with Crippen LogP contribution in [-0.4, -0.2) is 49.5 Å². The molecule has 0 aromatic heterocycles. The molecule has 1 aromatic rings. The quantitative estimate of drug-likeness (QED) is 0.789. The normalized spacial score (nSPS) is 13.9. The fourth-order valence-electron chi connectivity index (χ4n) is 2.43. The van der Waals surface area contributed by atoms with Crippen molar-refractivity contribution in [3.8, 4) is 0 Å². The van der Waals surface area contributed by atoms with Gasteiger partial charge in [0.2, 0.25) is 5.91 Å². The number of anilines is 2. The van der Waals surface area contributed by atoms with Gasteiger partial charge in [-0.15, -0.1) is 11.8 Å². The Morgan fingerprint density at radius 2 is 2.05 bits per heavy atom. The largest absolute Gasteiger partial charge is 0.384 e. The van der Waals surface area contributed by atoms with Gasteiger partial charge in [-0.3, -0.25) is 9.59 Å². The van der Waals surface area contributed by atoms with Gasteiger partial charge in [0.25, 0.3) is 0 Å². The molecule has 0 atom stereocenters. The molecule has 0 spiro atoms. The zero-order valence-corrected chi connectivity index (χ0v) is 14.2. The number of thioether (sulfide) groups is 1. The Morgan fingerprint density at radius 1 is 1.32 bits per heavy atom. The van der Waals surface area contributed by atoms with E-state index in [1.54, 1.807) is 11.8 Å². The van der Waals surface area contributed by atoms with Crippen LogP contribution < -0.4 is 10.6 Å². The highest BCUT2D eigenvalue weighted by molar-refractivity contribution is 7.99. The first-order valence-electron chi connectivity index (χ1n) is 7.48. The van der Waals surface area contributed by atoms with Crippen molar-refractivity contribution in [1.29, 1.82) is 0 Å². The van der Waals surface area contributed by atoms with Gasteiger partial charge < -0.3 is 15.5 Å². The Hall–Kier alpha value is -1.53. The summed E-state index contributed by atoms with van der Waals surface area (Å²) in [6.07, 6.45) is 1.56.